The summed E-state index contributed by atoms with van der Waals surface area (Å²) in [5.74, 6) is 1.55. The first-order valence-corrected chi connectivity index (χ1v) is 8.27. The highest BCUT2D eigenvalue weighted by atomic mass is 32.1. The summed E-state index contributed by atoms with van der Waals surface area (Å²) in [6, 6.07) is 7.69. The molecule has 0 aliphatic carbocycles. The number of hydrogen-bond acceptors (Lipinski definition) is 3. The molecule has 2 N–H and O–H groups in total. The van der Waals surface area contributed by atoms with Crippen molar-refractivity contribution in [2.45, 2.75) is 33.6 Å². The monoisotopic (exact) mass is 308 g/mol. The van der Waals surface area contributed by atoms with Crippen LogP contribution < -0.4 is 10.5 Å². The van der Waals surface area contributed by atoms with Crippen LogP contribution in [0.3, 0.4) is 0 Å². The summed E-state index contributed by atoms with van der Waals surface area (Å²) in [6.45, 7) is 10.5. The van der Waals surface area contributed by atoms with E-state index in [0.717, 1.165) is 36.9 Å². The van der Waals surface area contributed by atoms with E-state index in [9.17, 15) is 0 Å². The van der Waals surface area contributed by atoms with Gasteiger partial charge in [0.1, 0.15) is 17.3 Å². The van der Waals surface area contributed by atoms with Crippen molar-refractivity contribution in [2.75, 3.05) is 26.2 Å². The van der Waals surface area contributed by atoms with Crippen LogP contribution >= 0.6 is 12.2 Å². The van der Waals surface area contributed by atoms with Gasteiger partial charge in [-0.05, 0) is 24.6 Å². The van der Waals surface area contributed by atoms with Gasteiger partial charge in [-0.1, -0.05) is 58.0 Å². The van der Waals surface area contributed by atoms with Gasteiger partial charge in [-0.25, -0.2) is 0 Å². The molecule has 0 saturated carbocycles. The third-order valence-corrected chi connectivity index (χ3v) is 4.16. The largest absolute Gasteiger partial charge is 0.492 e. The number of hydrogen-bond donors (Lipinski definition) is 1. The van der Waals surface area contributed by atoms with Crippen molar-refractivity contribution in [1.29, 1.82) is 0 Å². The number of rotatable bonds is 10. The van der Waals surface area contributed by atoms with Crippen LogP contribution in [-0.4, -0.2) is 36.1 Å². The van der Waals surface area contributed by atoms with Gasteiger partial charge in [0.15, 0.2) is 0 Å². The standard InChI is InChI=1S/C17H28N2OS/c1-4-14(5-2)13-19(6-3)11-12-20-16-10-8-7-9-15(16)17(18)21/h7-10,14H,4-6,11-13H2,1-3H3,(H2,18,21). The van der Waals surface area contributed by atoms with Crippen LogP contribution in [0.2, 0.25) is 0 Å². The van der Waals surface area contributed by atoms with Gasteiger partial charge in [0.25, 0.3) is 0 Å². The third-order valence-electron chi connectivity index (χ3n) is 3.94. The molecule has 0 unspecified atom stereocenters. The maximum absolute atomic E-state index is 5.87. The average molecular weight is 308 g/mol. The fourth-order valence-corrected chi connectivity index (χ4v) is 2.54. The van der Waals surface area contributed by atoms with E-state index in [-0.39, 0.29) is 0 Å². The van der Waals surface area contributed by atoms with Gasteiger partial charge < -0.3 is 10.5 Å². The number of likely N-dealkylation sites (N-methyl/N-ethyl adjacent to an activating group) is 1. The van der Waals surface area contributed by atoms with Crippen LogP contribution in [0.25, 0.3) is 0 Å². The van der Waals surface area contributed by atoms with Gasteiger partial charge in [-0.3, -0.25) is 4.90 Å². The topological polar surface area (TPSA) is 38.5 Å². The molecule has 0 radical (unpaired) electrons. The fourth-order valence-electron chi connectivity index (χ4n) is 2.37. The third kappa shape index (κ3) is 6.02. The summed E-state index contributed by atoms with van der Waals surface area (Å²) in [4.78, 5) is 2.83. The highest BCUT2D eigenvalue weighted by Gasteiger charge is 2.11. The Bertz CT molecular complexity index is 433. The Hall–Kier alpha value is -1.13. The van der Waals surface area contributed by atoms with Gasteiger partial charge in [-0.2, -0.15) is 0 Å². The zero-order valence-electron chi connectivity index (χ0n) is 13.5. The Kier molecular flexibility index (Phi) is 8.31. The summed E-state index contributed by atoms with van der Waals surface area (Å²) in [5, 5.41) is 0. The lowest BCUT2D eigenvalue weighted by molar-refractivity contribution is 0.188. The quantitative estimate of drug-likeness (QED) is 0.672. The molecule has 0 aliphatic heterocycles. The molecule has 0 atom stereocenters. The molecule has 1 rings (SSSR count). The first-order valence-electron chi connectivity index (χ1n) is 7.86. The number of nitrogens with zero attached hydrogens (tertiary/aromatic N) is 1. The van der Waals surface area contributed by atoms with Crippen molar-refractivity contribution in [3.63, 3.8) is 0 Å². The molecule has 3 nitrogen and oxygen atoms in total. The Labute approximate surface area is 134 Å². The molecule has 0 aromatic heterocycles. The molecule has 118 valence electrons. The Morgan fingerprint density at radius 2 is 1.90 bits per heavy atom. The Morgan fingerprint density at radius 3 is 2.48 bits per heavy atom. The number of para-hydroxylation sites is 1. The van der Waals surface area contributed by atoms with Gasteiger partial charge in [-0.15, -0.1) is 0 Å². The molecule has 0 fully saturated rings. The van der Waals surface area contributed by atoms with Crippen molar-refractivity contribution in [1.82, 2.24) is 4.90 Å². The van der Waals surface area contributed by atoms with Crippen LogP contribution in [0.4, 0.5) is 0 Å². The number of nitrogens with two attached hydrogens (primary N) is 1. The highest BCUT2D eigenvalue weighted by molar-refractivity contribution is 7.80. The zero-order chi connectivity index (χ0) is 15.7. The lowest BCUT2D eigenvalue weighted by atomic mass is 10.0. The summed E-state index contributed by atoms with van der Waals surface area (Å²) in [6.07, 6.45) is 2.47. The van der Waals surface area contributed by atoms with Crippen LogP contribution in [0.15, 0.2) is 24.3 Å². The molecule has 1 aromatic rings. The van der Waals surface area contributed by atoms with E-state index < -0.39 is 0 Å². The molecule has 0 heterocycles. The molecule has 0 spiro atoms. The molecule has 0 saturated heterocycles. The molecular formula is C17H28N2OS. The van der Waals surface area contributed by atoms with Gasteiger partial charge in [0.2, 0.25) is 0 Å². The molecule has 4 heteroatoms. The van der Waals surface area contributed by atoms with E-state index in [2.05, 4.69) is 25.7 Å². The zero-order valence-corrected chi connectivity index (χ0v) is 14.3. The summed E-state index contributed by atoms with van der Waals surface area (Å²) >= 11 is 5.05. The predicted octanol–water partition coefficient (Wildman–Crippen LogP) is 3.46. The molecule has 21 heavy (non-hydrogen) atoms. The van der Waals surface area contributed by atoms with Crippen molar-refractivity contribution in [2.24, 2.45) is 11.7 Å². The minimum absolute atomic E-state index is 0.384. The summed E-state index contributed by atoms with van der Waals surface area (Å²) < 4.78 is 5.87. The van der Waals surface area contributed by atoms with E-state index >= 15 is 0 Å². The minimum Gasteiger partial charge on any atom is -0.492 e. The van der Waals surface area contributed by atoms with E-state index in [0.29, 0.717) is 11.6 Å². The van der Waals surface area contributed by atoms with Gasteiger partial charge in [0.05, 0.1) is 5.56 Å². The highest BCUT2D eigenvalue weighted by Crippen LogP contribution is 2.17. The summed E-state index contributed by atoms with van der Waals surface area (Å²) in [7, 11) is 0. The van der Waals surface area contributed by atoms with Crippen LogP contribution in [0.5, 0.6) is 5.75 Å². The van der Waals surface area contributed by atoms with E-state index in [1.54, 1.807) is 0 Å². The number of benzene rings is 1. The second kappa shape index (κ2) is 9.74. The SMILES string of the molecule is CCC(CC)CN(CC)CCOc1ccccc1C(N)=S. The molecule has 1 aromatic carbocycles. The first kappa shape index (κ1) is 17.9. The van der Waals surface area contributed by atoms with Crippen LogP contribution in [0.1, 0.15) is 39.2 Å². The van der Waals surface area contributed by atoms with Crippen molar-refractivity contribution < 1.29 is 4.74 Å². The molecule has 0 bridgehead atoms. The fraction of sp³-hybridized carbons (Fsp3) is 0.588. The van der Waals surface area contributed by atoms with E-state index in [4.69, 9.17) is 22.7 Å². The van der Waals surface area contributed by atoms with Crippen molar-refractivity contribution in [3.8, 4) is 5.75 Å². The summed E-state index contributed by atoms with van der Waals surface area (Å²) in [5.41, 5.74) is 6.53. The van der Waals surface area contributed by atoms with Gasteiger partial charge >= 0.3 is 0 Å². The van der Waals surface area contributed by atoms with Gasteiger partial charge in [0, 0.05) is 13.1 Å². The van der Waals surface area contributed by atoms with Crippen LogP contribution in [-0.2, 0) is 0 Å². The van der Waals surface area contributed by atoms with Crippen LogP contribution in [0, 0.1) is 5.92 Å². The number of thiocarbonyl (C=S) groups is 1. The van der Waals surface area contributed by atoms with E-state index in [1.165, 1.54) is 12.8 Å². The number of ether oxygens (including phenoxy) is 1. The van der Waals surface area contributed by atoms with E-state index in [1.807, 2.05) is 24.3 Å². The lowest BCUT2D eigenvalue weighted by Crippen LogP contribution is -2.33. The smallest absolute Gasteiger partial charge is 0.129 e. The van der Waals surface area contributed by atoms with Crippen molar-refractivity contribution in [3.05, 3.63) is 29.8 Å². The second-order valence-electron chi connectivity index (χ2n) is 5.28. The second-order valence-corrected chi connectivity index (χ2v) is 5.72. The average Bonchev–Trinajstić information content (AvgIpc) is 2.51. The molecule has 0 amide bonds. The first-order chi connectivity index (χ1) is 10.1. The molecule has 0 aliphatic rings. The minimum atomic E-state index is 0.384. The normalized spacial score (nSPS) is 11.1. The lowest BCUT2D eigenvalue weighted by Gasteiger charge is -2.25. The Morgan fingerprint density at radius 1 is 1.24 bits per heavy atom. The maximum atomic E-state index is 5.87. The Balaban J connectivity index is 2.50. The maximum Gasteiger partial charge on any atom is 0.129 e. The molecular weight excluding hydrogens is 280 g/mol. The van der Waals surface area contributed by atoms with Crippen molar-refractivity contribution >= 4 is 17.2 Å². The predicted molar refractivity (Wildman–Crippen MR) is 94.0 cm³/mol.